The Hall–Kier alpha value is -3.63. The second-order valence-corrected chi connectivity index (χ2v) is 11.4. The number of hydrogen-bond acceptors (Lipinski definition) is 7. The topological polar surface area (TPSA) is 90.2 Å². The average Bonchev–Trinajstić information content (AvgIpc) is 3.62. The number of hydrogen-bond donors (Lipinski definition) is 0. The summed E-state index contributed by atoms with van der Waals surface area (Å²) in [7, 11) is 0.959. The first kappa shape index (κ1) is 24.1. The minimum Gasteiger partial charge on any atom is -0.493 e. The monoisotopic (exact) mass is 523 g/mol. The number of rotatable bonds is 7. The second kappa shape index (κ2) is 9.44. The van der Waals surface area contributed by atoms with Gasteiger partial charge in [0, 0.05) is 30.6 Å². The summed E-state index contributed by atoms with van der Waals surface area (Å²) in [5.74, 6) is -0.189. The number of aromatic nitrogens is 1. The third kappa shape index (κ3) is 4.27. The molecule has 0 N–H and O–H groups in total. The molecule has 8 nitrogen and oxygen atoms in total. The molecule has 4 aromatic rings. The molecule has 1 atom stereocenters. The van der Waals surface area contributed by atoms with E-state index >= 15 is 0 Å². The standard InChI is InChI=1S/C26H25N3O5S2/c1-28-15-25(18-7-4-5-8-20(18)28)36(31,32)16-26(30)29-21(14-19(27-29)24-9-6-12-35-24)17-10-11-22(33-2)23(13-17)34-3/h4-13,15,21H,14,16H2,1-3H3/t21-/m1/s1. The third-order valence-electron chi connectivity index (χ3n) is 6.27. The van der Waals surface area contributed by atoms with Crippen molar-refractivity contribution < 1.29 is 22.7 Å². The maximum absolute atomic E-state index is 13.5. The van der Waals surface area contributed by atoms with Gasteiger partial charge in [0.1, 0.15) is 5.75 Å². The molecule has 5 rings (SSSR count). The summed E-state index contributed by atoms with van der Waals surface area (Å²) in [4.78, 5) is 14.6. The molecule has 0 spiro atoms. The van der Waals surface area contributed by atoms with Crippen molar-refractivity contribution >= 4 is 43.7 Å². The van der Waals surface area contributed by atoms with E-state index in [4.69, 9.17) is 9.47 Å². The first-order valence-electron chi connectivity index (χ1n) is 11.2. The predicted molar refractivity (Wildman–Crippen MR) is 140 cm³/mol. The highest BCUT2D eigenvalue weighted by molar-refractivity contribution is 7.92. The van der Waals surface area contributed by atoms with Gasteiger partial charge in [-0.15, -0.1) is 11.3 Å². The van der Waals surface area contributed by atoms with Crippen LogP contribution in [0.15, 0.2) is 76.2 Å². The molecule has 0 unspecified atom stereocenters. The van der Waals surface area contributed by atoms with E-state index in [-0.39, 0.29) is 4.90 Å². The van der Waals surface area contributed by atoms with Gasteiger partial charge in [0.25, 0.3) is 5.91 Å². The minimum absolute atomic E-state index is 0.137. The lowest BCUT2D eigenvalue weighted by Crippen LogP contribution is -2.32. The number of ether oxygens (including phenoxy) is 2. The third-order valence-corrected chi connectivity index (χ3v) is 8.81. The summed E-state index contributed by atoms with van der Waals surface area (Å²) < 4.78 is 39.4. The van der Waals surface area contributed by atoms with Gasteiger partial charge in [-0.25, -0.2) is 13.4 Å². The molecule has 10 heteroatoms. The average molecular weight is 524 g/mol. The van der Waals surface area contributed by atoms with Gasteiger partial charge in [-0.2, -0.15) is 5.10 Å². The first-order chi connectivity index (χ1) is 17.3. The van der Waals surface area contributed by atoms with Crippen LogP contribution in [0.5, 0.6) is 11.5 Å². The number of benzene rings is 2. The number of para-hydroxylation sites is 1. The maximum atomic E-state index is 13.5. The number of methoxy groups -OCH3 is 2. The molecule has 0 aliphatic carbocycles. The van der Waals surface area contributed by atoms with Gasteiger partial charge >= 0.3 is 0 Å². The van der Waals surface area contributed by atoms with Crippen molar-refractivity contribution in [1.29, 1.82) is 0 Å². The lowest BCUT2D eigenvalue weighted by atomic mass is 10.0. The molecule has 1 aliphatic heterocycles. The molecule has 0 saturated heterocycles. The Morgan fingerprint density at radius 1 is 1.08 bits per heavy atom. The van der Waals surface area contributed by atoms with Crippen molar-refractivity contribution in [3.8, 4) is 11.5 Å². The molecule has 2 aromatic heterocycles. The van der Waals surface area contributed by atoms with Crippen LogP contribution in [-0.4, -0.2) is 49.6 Å². The number of nitrogens with zero attached hydrogens (tertiary/aromatic N) is 3. The quantitative estimate of drug-likeness (QED) is 0.358. The number of thiophene rings is 1. The number of carbonyl (C=O) groups excluding carboxylic acids is 1. The molecule has 1 aliphatic rings. The highest BCUT2D eigenvalue weighted by atomic mass is 32.2. The zero-order chi connectivity index (χ0) is 25.4. The van der Waals surface area contributed by atoms with Crippen LogP contribution in [0.1, 0.15) is 22.9 Å². The molecule has 2 aromatic carbocycles. The Labute approximate surface area is 213 Å². The van der Waals surface area contributed by atoms with E-state index in [9.17, 15) is 13.2 Å². The molecular formula is C26H25N3O5S2. The largest absolute Gasteiger partial charge is 0.493 e. The number of sulfone groups is 1. The summed E-state index contributed by atoms with van der Waals surface area (Å²) in [6.45, 7) is 0. The van der Waals surface area contributed by atoms with E-state index in [0.717, 1.165) is 21.7 Å². The van der Waals surface area contributed by atoms with Crippen molar-refractivity contribution in [1.82, 2.24) is 9.58 Å². The molecule has 0 bridgehead atoms. The summed E-state index contributed by atoms with van der Waals surface area (Å²) in [6.07, 6.45) is 2.01. The smallest absolute Gasteiger partial charge is 0.258 e. The Balaban J connectivity index is 1.51. The predicted octanol–water partition coefficient (Wildman–Crippen LogP) is 4.41. The van der Waals surface area contributed by atoms with E-state index in [1.165, 1.54) is 16.3 Å². The fraction of sp³-hybridized carbons (Fsp3) is 0.231. The van der Waals surface area contributed by atoms with Crippen LogP contribution in [0.2, 0.25) is 0 Å². The highest BCUT2D eigenvalue weighted by Gasteiger charge is 2.36. The van der Waals surface area contributed by atoms with Crippen LogP contribution in [0.4, 0.5) is 0 Å². The molecule has 3 heterocycles. The lowest BCUT2D eigenvalue weighted by Gasteiger charge is -2.23. The van der Waals surface area contributed by atoms with Crippen molar-refractivity contribution in [2.24, 2.45) is 12.1 Å². The Morgan fingerprint density at radius 3 is 2.58 bits per heavy atom. The SMILES string of the molecule is COc1ccc([C@H]2CC(c3cccs3)=NN2C(=O)CS(=O)(=O)c2cn(C)c3ccccc23)cc1OC. The maximum Gasteiger partial charge on any atom is 0.258 e. The normalized spacial score (nSPS) is 15.8. The van der Waals surface area contributed by atoms with Gasteiger partial charge in [0.15, 0.2) is 21.3 Å². The van der Waals surface area contributed by atoms with E-state index in [1.54, 1.807) is 56.3 Å². The molecule has 36 heavy (non-hydrogen) atoms. The number of amides is 1. The van der Waals surface area contributed by atoms with Gasteiger partial charge in [-0.05, 0) is 35.2 Å². The van der Waals surface area contributed by atoms with Crippen LogP contribution in [0.3, 0.4) is 0 Å². The highest BCUT2D eigenvalue weighted by Crippen LogP contribution is 2.38. The second-order valence-electron chi connectivity index (χ2n) is 8.48. The van der Waals surface area contributed by atoms with E-state index in [2.05, 4.69) is 5.10 Å². The van der Waals surface area contributed by atoms with Gasteiger partial charge in [0.05, 0.1) is 35.7 Å². The zero-order valence-corrected chi connectivity index (χ0v) is 21.7. The van der Waals surface area contributed by atoms with Crippen LogP contribution in [-0.2, 0) is 21.7 Å². The lowest BCUT2D eigenvalue weighted by molar-refractivity contribution is -0.130. The Bertz CT molecular complexity index is 1570. The molecule has 1 amide bonds. The fourth-order valence-corrected chi connectivity index (χ4v) is 6.67. The van der Waals surface area contributed by atoms with Crippen LogP contribution < -0.4 is 9.47 Å². The molecule has 0 radical (unpaired) electrons. The number of aryl methyl sites for hydroxylation is 1. The van der Waals surface area contributed by atoms with E-state index in [0.29, 0.717) is 23.3 Å². The van der Waals surface area contributed by atoms with Gasteiger partial charge in [-0.3, -0.25) is 4.79 Å². The first-order valence-corrected chi connectivity index (χ1v) is 13.8. The Morgan fingerprint density at radius 2 is 1.86 bits per heavy atom. The van der Waals surface area contributed by atoms with E-state index in [1.807, 2.05) is 35.7 Å². The molecular weight excluding hydrogens is 498 g/mol. The number of hydrazone groups is 1. The van der Waals surface area contributed by atoms with Gasteiger partial charge < -0.3 is 14.0 Å². The summed E-state index contributed by atoms with van der Waals surface area (Å²) in [5, 5.41) is 8.44. The van der Waals surface area contributed by atoms with Crippen LogP contribution in [0.25, 0.3) is 10.9 Å². The van der Waals surface area contributed by atoms with Crippen molar-refractivity contribution in [3.63, 3.8) is 0 Å². The van der Waals surface area contributed by atoms with Crippen molar-refractivity contribution in [2.75, 3.05) is 20.0 Å². The minimum atomic E-state index is -3.93. The number of fused-ring (bicyclic) bond motifs is 1. The Kier molecular flexibility index (Phi) is 6.31. The molecule has 186 valence electrons. The molecule has 0 saturated carbocycles. The summed E-state index contributed by atoms with van der Waals surface area (Å²) >= 11 is 1.52. The fourth-order valence-electron chi connectivity index (χ4n) is 4.51. The van der Waals surface area contributed by atoms with Crippen LogP contribution >= 0.6 is 11.3 Å². The number of carbonyl (C=O) groups is 1. The summed E-state index contributed by atoms with van der Waals surface area (Å²) in [5.41, 5.74) is 2.30. The van der Waals surface area contributed by atoms with Gasteiger partial charge in [-0.1, -0.05) is 30.3 Å². The van der Waals surface area contributed by atoms with Crippen molar-refractivity contribution in [3.05, 3.63) is 76.6 Å². The van der Waals surface area contributed by atoms with Crippen molar-refractivity contribution in [2.45, 2.75) is 17.4 Å². The van der Waals surface area contributed by atoms with E-state index < -0.39 is 27.5 Å². The zero-order valence-electron chi connectivity index (χ0n) is 20.0. The van der Waals surface area contributed by atoms with Gasteiger partial charge in [0.2, 0.25) is 0 Å². The molecule has 0 fully saturated rings. The summed E-state index contributed by atoms with van der Waals surface area (Å²) in [6, 6.07) is 16.0. The van der Waals surface area contributed by atoms with Crippen LogP contribution in [0, 0.1) is 0 Å².